The van der Waals surface area contributed by atoms with E-state index in [2.05, 4.69) is 0 Å². The number of amides is 8. The molecule has 2 aliphatic heterocycles. The van der Waals surface area contributed by atoms with Gasteiger partial charge in [0.2, 0.25) is 0 Å². The Morgan fingerprint density at radius 2 is 1.17 bits per heavy atom. The number of nitrogens with zero attached hydrogens (tertiary/aromatic N) is 4. The van der Waals surface area contributed by atoms with E-state index in [9.17, 15) is 28.8 Å². The molecule has 2 saturated heterocycles. The second kappa shape index (κ2) is 12.2. The summed E-state index contributed by atoms with van der Waals surface area (Å²) in [6, 6.07) is 8.56. The van der Waals surface area contributed by atoms with Gasteiger partial charge in [-0.2, -0.15) is 0 Å². The van der Waals surface area contributed by atoms with Gasteiger partial charge >= 0.3 is 24.2 Å². The summed E-state index contributed by atoms with van der Waals surface area (Å²) < 4.78 is 9.97. The van der Waals surface area contributed by atoms with E-state index in [0.717, 1.165) is 0 Å². The number of ether oxygens (including phenoxy) is 2. The third kappa shape index (κ3) is 6.31. The lowest BCUT2D eigenvalue weighted by molar-refractivity contribution is -0.133. The molecule has 0 bridgehead atoms. The van der Waals surface area contributed by atoms with Gasteiger partial charge in [-0.15, -0.1) is 0 Å². The maximum atomic E-state index is 13.8. The predicted octanol–water partition coefficient (Wildman–Crippen LogP) is 4.96. The minimum Gasteiger partial charge on any atom is -0.410 e. The maximum absolute atomic E-state index is 13.8. The van der Waals surface area contributed by atoms with E-state index in [-0.39, 0.29) is 29.9 Å². The van der Waals surface area contributed by atoms with Crippen molar-refractivity contribution in [3.63, 3.8) is 0 Å². The molecule has 0 unspecified atom stereocenters. The summed E-state index contributed by atoms with van der Waals surface area (Å²) >= 11 is 0. The highest BCUT2D eigenvalue weighted by Crippen LogP contribution is 2.40. The number of primary amides is 2. The molecule has 47 heavy (non-hydrogen) atoms. The average molecular weight is 651 g/mol. The number of anilines is 2. The fraction of sp³-hybridized carbons (Fsp3) is 0.455. The predicted molar refractivity (Wildman–Crippen MR) is 173 cm³/mol. The van der Waals surface area contributed by atoms with Crippen molar-refractivity contribution in [1.82, 2.24) is 9.80 Å². The number of rotatable bonds is 10. The molecule has 2 fully saturated rings. The Morgan fingerprint density at radius 1 is 0.723 bits per heavy atom. The second-order valence-electron chi connectivity index (χ2n) is 13.5. The van der Waals surface area contributed by atoms with Crippen LogP contribution in [0, 0.1) is 13.8 Å². The van der Waals surface area contributed by atoms with Crippen LogP contribution < -0.4 is 30.7 Å². The average Bonchev–Trinajstić information content (AvgIpc) is 3.24. The molecule has 0 radical (unpaired) electrons. The molecule has 0 spiro atoms. The quantitative estimate of drug-likeness (QED) is 0.267. The largest absolute Gasteiger partial charge is 0.410 e. The van der Waals surface area contributed by atoms with Crippen LogP contribution in [0.15, 0.2) is 36.4 Å². The summed E-state index contributed by atoms with van der Waals surface area (Å²) in [6.07, 6.45) is -0.541. The number of unbranched alkanes of at least 4 members (excludes halogenated alkanes) is 1. The molecule has 0 aliphatic carbocycles. The van der Waals surface area contributed by atoms with Gasteiger partial charge in [0.1, 0.15) is 22.6 Å². The Hall–Kier alpha value is -5.14. The van der Waals surface area contributed by atoms with E-state index in [0.29, 0.717) is 41.8 Å². The molecule has 14 nitrogen and oxygen atoms in total. The van der Waals surface area contributed by atoms with Crippen molar-refractivity contribution >= 4 is 47.4 Å². The van der Waals surface area contributed by atoms with Gasteiger partial charge in [-0.1, -0.05) is 0 Å². The third-order valence-corrected chi connectivity index (χ3v) is 8.70. The molecule has 2 heterocycles. The first-order chi connectivity index (χ1) is 21.7. The lowest BCUT2D eigenvalue weighted by Gasteiger charge is -2.34. The van der Waals surface area contributed by atoms with Gasteiger partial charge in [-0.05, 0) is 122 Å². The third-order valence-electron chi connectivity index (χ3n) is 8.70. The maximum Gasteiger partial charge on any atom is 0.409 e. The van der Waals surface area contributed by atoms with Crippen LogP contribution in [0.25, 0.3) is 0 Å². The first-order valence-corrected chi connectivity index (χ1v) is 15.2. The van der Waals surface area contributed by atoms with Crippen molar-refractivity contribution in [1.29, 1.82) is 0 Å². The van der Waals surface area contributed by atoms with Crippen molar-refractivity contribution in [2.75, 3.05) is 16.3 Å². The lowest BCUT2D eigenvalue weighted by atomic mass is 9.93. The SMILES string of the molecule is Cc1cc(N2C(=O)N(CCCCC(C)(C)N3C(=O)N(c4ccc(OC(N)=O)c(C)c4)C(C)(C)C3=O)C(=O)C2(C)C)ccc1OC(N)=O. The van der Waals surface area contributed by atoms with Gasteiger partial charge in [-0.25, -0.2) is 19.2 Å². The van der Waals surface area contributed by atoms with Gasteiger partial charge in [0.05, 0.1) is 0 Å². The lowest BCUT2D eigenvalue weighted by Crippen LogP contribution is -2.49. The van der Waals surface area contributed by atoms with Gasteiger partial charge in [-0.3, -0.25) is 29.2 Å². The van der Waals surface area contributed by atoms with Crippen LogP contribution in [0.4, 0.5) is 30.6 Å². The fourth-order valence-corrected chi connectivity index (χ4v) is 6.20. The van der Waals surface area contributed by atoms with Gasteiger partial charge in [0.15, 0.2) is 0 Å². The molecule has 14 heteroatoms. The first kappa shape index (κ1) is 34.7. The Labute approximate surface area is 273 Å². The van der Waals surface area contributed by atoms with E-state index in [1.165, 1.54) is 31.7 Å². The van der Waals surface area contributed by atoms with E-state index in [4.69, 9.17) is 20.9 Å². The zero-order chi connectivity index (χ0) is 35.2. The molecule has 8 amide bonds. The molecule has 2 aromatic rings. The summed E-state index contributed by atoms with van der Waals surface area (Å²) in [5.41, 5.74) is 9.06. The highest BCUT2D eigenvalue weighted by atomic mass is 16.6. The number of hydrogen-bond acceptors (Lipinski definition) is 8. The van der Waals surface area contributed by atoms with Crippen LogP contribution in [0.3, 0.4) is 0 Å². The van der Waals surface area contributed by atoms with Crippen LogP contribution in [0.2, 0.25) is 0 Å². The number of nitrogens with two attached hydrogens (primary N) is 2. The molecule has 0 aromatic heterocycles. The zero-order valence-corrected chi connectivity index (χ0v) is 28.0. The fourth-order valence-electron chi connectivity index (χ4n) is 6.20. The minimum absolute atomic E-state index is 0.147. The van der Waals surface area contributed by atoms with Crippen molar-refractivity contribution in [3.05, 3.63) is 47.5 Å². The summed E-state index contributed by atoms with van der Waals surface area (Å²) in [7, 11) is 0. The standard InChI is InChI=1S/C33H42N6O8/c1-19-17-21(11-13-23(19)46-27(34)42)37-29(44)36(25(40)32(37,5)6)16-10-9-15-31(3,4)39-26(41)33(7,8)38(30(39)45)22-12-14-24(20(2)18-22)47-28(35)43/h11-14,17-18H,9-10,15-16H2,1-8H3,(H2,34,42)(H2,35,43). The molecule has 4 rings (SSSR count). The highest BCUT2D eigenvalue weighted by Gasteiger charge is 2.56. The van der Waals surface area contributed by atoms with Crippen LogP contribution in [0.1, 0.15) is 71.9 Å². The summed E-state index contributed by atoms with van der Waals surface area (Å²) in [4.78, 5) is 82.1. The number of urea groups is 2. The highest BCUT2D eigenvalue weighted by molar-refractivity contribution is 6.17. The number of carbonyl (C=O) groups excluding carboxylic acids is 6. The number of hydrogen-bond donors (Lipinski definition) is 2. The monoisotopic (exact) mass is 650 g/mol. The molecule has 0 atom stereocenters. The Kier molecular flexibility index (Phi) is 9.04. The van der Waals surface area contributed by atoms with Crippen molar-refractivity contribution in [2.24, 2.45) is 11.5 Å². The topological polar surface area (TPSA) is 186 Å². The van der Waals surface area contributed by atoms with Gasteiger partial charge in [0.25, 0.3) is 11.8 Å². The number of carbonyl (C=O) groups is 6. The molecule has 4 N–H and O–H groups in total. The first-order valence-electron chi connectivity index (χ1n) is 15.2. The summed E-state index contributed by atoms with van der Waals surface area (Å²) in [5, 5.41) is 0. The Balaban J connectivity index is 1.44. The van der Waals surface area contributed by atoms with Gasteiger partial charge in [0, 0.05) is 23.5 Å². The van der Waals surface area contributed by atoms with Crippen molar-refractivity contribution < 1.29 is 38.2 Å². The molecule has 0 saturated carbocycles. The summed E-state index contributed by atoms with van der Waals surface area (Å²) in [5.74, 6) is -0.228. The smallest absolute Gasteiger partial charge is 0.409 e. The number of aryl methyl sites for hydroxylation is 2. The Bertz CT molecular complexity index is 1670. The van der Waals surface area contributed by atoms with E-state index in [1.54, 1.807) is 65.8 Å². The van der Waals surface area contributed by atoms with Crippen molar-refractivity contribution in [3.8, 4) is 11.5 Å². The minimum atomic E-state index is -1.20. The van der Waals surface area contributed by atoms with Crippen LogP contribution in [0.5, 0.6) is 11.5 Å². The number of benzene rings is 2. The molecular weight excluding hydrogens is 608 g/mol. The van der Waals surface area contributed by atoms with Crippen molar-refractivity contribution in [2.45, 2.75) is 91.3 Å². The Morgan fingerprint density at radius 3 is 1.62 bits per heavy atom. The normalized spacial score (nSPS) is 17.5. The second-order valence-corrected chi connectivity index (χ2v) is 13.5. The van der Waals surface area contributed by atoms with Crippen LogP contribution in [-0.4, -0.2) is 69.0 Å². The van der Waals surface area contributed by atoms with Crippen LogP contribution >= 0.6 is 0 Å². The molecule has 252 valence electrons. The number of imide groups is 2. The van der Waals surface area contributed by atoms with Crippen LogP contribution in [-0.2, 0) is 9.59 Å². The zero-order valence-electron chi connectivity index (χ0n) is 28.0. The van der Waals surface area contributed by atoms with E-state index < -0.39 is 40.9 Å². The van der Waals surface area contributed by atoms with E-state index >= 15 is 0 Å². The molecular formula is C33H42N6O8. The molecule has 2 aromatic carbocycles. The van der Waals surface area contributed by atoms with E-state index in [1.807, 2.05) is 13.8 Å². The summed E-state index contributed by atoms with van der Waals surface area (Å²) in [6.45, 7) is 13.8. The van der Waals surface area contributed by atoms with Gasteiger partial charge < -0.3 is 20.9 Å². The molecule has 2 aliphatic rings.